The summed E-state index contributed by atoms with van der Waals surface area (Å²) in [4.78, 5) is 21.4. The van der Waals surface area contributed by atoms with Crippen molar-refractivity contribution in [3.8, 4) is 5.75 Å². The lowest BCUT2D eigenvalue weighted by molar-refractivity contribution is -0.0619. The largest absolute Gasteiger partial charge is 0.447 e. The Morgan fingerprint density at radius 3 is 2.53 bits per heavy atom. The van der Waals surface area contributed by atoms with Gasteiger partial charge in [0.15, 0.2) is 11.6 Å². The first kappa shape index (κ1) is 25.5. The molecule has 1 aliphatic rings. The summed E-state index contributed by atoms with van der Waals surface area (Å²) >= 11 is 0. The van der Waals surface area contributed by atoms with E-state index in [0.29, 0.717) is 0 Å². The van der Waals surface area contributed by atoms with Crippen LogP contribution in [0.1, 0.15) is 46.2 Å². The highest BCUT2D eigenvalue weighted by atomic mass is 19.3. The first-order valence-corrected chi connectivity index (χ1v) is 10.5. The minimum atomic E-state index is -3.08. The van der Waals surface area contributed by atoms with Crippen LogP contribution >= 0.6 is 0 Å². The Hall–Kier alpha value is -3.15. The Labute approximate surface area is 194 Å². The lowest BCUT2D eigenvalue weighted by Gasteiger charge is -2.31. The number of benzene rings is 1. The second-order valence-corrected chi connectivity index (χ2v) is 8.74. The van der Waals surface area contributed by atoms with Gasteiger partial charge in [0.25, 0.3) is 0 Å². The number of halogens is 4. The van der Waals surface area contributed by atoms with Crippen LogP contribution in [-0.2, 0) is 9.47 Å². The van der Waals surface area contributed by atoms with Crippen molar-refractivity contribution in [3.05, 3.63) is 41.6 Å². The zero-order valence-corrected chi connectivity index (χ0v) is 19.3. The van der Waals surface area contributed by atoms with Crippen molar-refractivity contribution in [2.24, 2.45) is 0 Å². The van der Waals surface area contributed by atoms with Crippen LogP contribution in [0.5, 0.6) is 5.75 Å². The molecule has 0 unspecified atom stereocenters. The van der Waals surface area contributed by atoms with E-state index in [1.54, 1.807) is 13.8 Å². The number of nitrogens with one attached hydrogen (secondary N) is 1. The zero-order valence-electron chi connectivity index (χ0n) is 19.3. The molecule has 1 saturated heterocycles. The summed E-state index contributed by atoms with van der Waals surface area (Å²) in [7, 11) is 0. The van der Waals surface area contributed by atoms with Crippen LogP contribution in [0.2, 0.25) is 0 Å². The summed E-state index contributed by atoms with van der Waals surface area (Å²) in [6.07, 6.45) is -0.406. The summed E-state index contributed by atoms with van der Waals surface area (Å²) in [5.41, 5.74) is -0.398. The van der Waals surface area contributed by atoms with Gasteiger partial charge in [-0.05, 0) is 40.7 Å². The second-order valence-electron chi connectivity index (χ2n) is 8.74. The molecule has 0 radical (unpaired) electrons. The number of aromatic nitrogens is 2. The van der Waals surface area contributed by atoms with E-state index in [4.69, 9.17) is 9.47 Å². The molecule has 1 aromatic carbocycles. The Morgan fingerprint density at radius 1 is 1.21 bits per heavy atom. The monoisotopic (exact) mass is 486 g/mol. The average Bonchev–Trinajstić information content (AvgIpc) is 3.09. The van der Waals surface area contributed by atoms with E-state index >= 15 is 0 Å². The molecule has 1 amide bonds. The second kappa shape index (κ2) is 10.00. The third-order valence-corrected chi connectivity index (χ3v) is 4.95. The quantitative estimate of drug-likeness (QED) is 0.522. The van der Waals surface area contributed by atoms with Crippen molar-refractivity contribution >= 4 is 17.9 Å². The highest BCUT2D eigenvalue weighted by molar-refractivity contribution is 5.89. The molecule has 12 heteroatoms. The fraction of sp³-hybridized carbons (Fsp3) is 0.500. The van der Waals surface area contributed by atoms with Crippen molar-refractivity contribution in [2.75, 3.05) is 16.8 Å². The number of ether oxygens (including phenoxy) is 3. The summed E-state index contributed by atoms with van der Waals surface area (Å²) in [6.45, 7) is 5.78. The molecule has 0 aliphatic carbocycles. The number of alkyl halides is 2. The number of nitrogens with zero attached hydrogens (tertiary/aromatic N) is 3. The Morgan fingerprint density at radius 2 is 1.91 bits per heavy atom. The van der Waals surface area contributed by atoms with Crippen molar-refractivity contribution in [2.45, 2.75) is 65.0 Å². The van der Waals surface area contributed by atoms with E-state index in [1.165, 1.54) is 12.1 Å². The molecule has 0 bridgehead atoms. The van der Waals surface area contributed by atoms with Gasteiger partial charge in [0.05, 0.1) is 23.9 Å². The number of carbonyl (C=O) groups excluding carboxylic acids is 1. The molecule has 3 rings (SSSR count). The van der Waals surface area contributed by atoms with E-state index < -0.39 is 48.1 Å². The Bertz CT molecular complexity index is 1030. The predicted octanol–water partition coefficient (Wildman–Crippen LogP) is 5.06. The van der Waals surface area contributed by atoms with Crippen LogP contribution in [0.15, 0.2) is 24.4 Å². The van der Waals surface area contributed by atoms with Gasteiger partial charge in [-0.3, -0.25) is 0 Å². The van der Waals surface area contributed by atoms with E-state index in [0.717, 1.165) is 17.2 Å². The van der Waals surface area contributed by atoms with Gasteiger partial charge in [-0.1, -0.05) is 6.07 Å². The molecule has 1 N–H and O–H groups in total. The number of hydrogen-bond donors (Lipinski definition) is 1. The molecule has 34 heavy (non-hydrogen) atoms. The molecule has 2 aromatic rings. The van der Waals surface area contributed by atoms with E-state index in [2.05, 4.69) is 20.0 Å². The van der Waals surface area contributed by atoms with Crippen LogP contribution in [0.25, 0.3) is 0 Å². The SMILES string of the molecule is C[C@H](Nc1ncc(F)c(N2C(=O)OC[C@@H]2[C@@H](C)OC(C)(C)C)n1)c1ccc(OC(F)F)cc1F. The van der Waals surface area contributed by atoms with Crippen LogP contribution in [0.4, 0.5) is 34.1 Å². The van der Waals surface area contributed by atoms with Crippen LogP contribution < -0.4 is 15.0 Å². The van der Waals surface area contributed by atoms with Gasteiger partial charge in [-0.25, -0.2) is 23.5 Å². The predicted molar refractivity (Wildman–Crippen MR) is 115 cm³/mol. The minimum absolute atomic E-state index is 0.0169. The van der Waals surface area contributed by atoms with Crippen LogP contribution in [-0.4, -0.2) is 47.0 Å². The van der Waals surface area contributed by atoms with Crippen LogP contribution in [0, 0.1) is 11.6 Å². The lowest BCUT2D eigenvalue weighted by Crippen LogP contribution is -2.45. The molecular weight excluding hydrogens is 460 g/mol. The summed E-state index contributed by atoms with van der Waals surface area (Å²) < 4.78 is 69.0. The first-order chi connectivity index (χ1) is 15.9. The third-order valence-electron chi connectivity index (χ3n) is 4.95. The van der Waals surface area contributed by atoms with Crippen LogP contribution in [0.3, 0.4) is 0 Å². The maximum Gasteiger partial charge on any atom is 0.416 e. The summed E-state index contributed by atoms with van der Waals surface area (Å²) in [5, 5.41) is 2.82. The number of amides is 1. The Kier molecular flexibility index (Phi) is 7.49. The molecule has 0 spiro atoms. The van der Waals surface area contributed by atoms with Crippen molar-refractivity contribution in [1.29, 1.82) is 0 Å². The van der Waals surface area contributed by atoms with Gasteiger partial charge in [0.2, 0.25) is 5.95 Å². The molecule has 3 atom stereocenters. The standard InChI is InChI=1S/C22H26F4N4O4/c1-11(14-7-6-13(8-15(14)23)33-19(25)26)28-20-27-9-16(24)18(29-20)30-17(10-32-21(30)31)12(2)34-22(3,4)5/h6-9,11-12,17,19H,10H2,1-5H3,(H,27,28,29)/t11-,12+,17+/m0/s1. The molecule has 1 aromatic heterocycles. The fourth-order valence-corrected chi connectivity index (χ4v) is 3.56. The molecule has 0 saturated carbocycles. The zero-order chi connectivity index (χ0) is 25.2. The van der Waals surface area contributed by atoms with Gasteiger partial charge in [0.1, 0.15) is 24.2 Å². The van der Waals surface area contributed by atoms with Crippen molar-refractivity contribution in [1.82, 2.24) is 9.97 Å². The molecule has 1 aliphatic heterocycles. The molecule has 1 fully saturated rings. The normalized spacial score (nSPS) is 18.1. The molecule has 186 valence electrons. The van der Waals surface area contributed by atoms with Gasteiger partial charge in [-0.15, -0.1) is 0 Å². The maximum atomic E-state index is 14.7. The first-order valence-electron chi connectivity index (χ1n) is 10.5. The van der Waals surface area contributed by atoms with Gasteiger partial charge in [0, 0.05) is 11.6 Å². The number of carbonyl (C=O) groups is 1. The number of rotatable bonds is 8. The van der Waals surface area contributed by atoms with E-state index in [-0.39, 0.29) is 29.7 Å². The number of anilines is 2. The minimum Gasteiger partial charge on any atom is -0.447 e. The number of hydrogen-bond acceptors (Lipinski definition) is 7. The smallest absolute Gasteiger partial charge is 0.416 e. The highest BCUT2D eigenvalue weighted by Gasteiger charge is 2.41. The van der Waals surface area contributed by atoms with Gasteiger partial charge in [-0.2, -0.15) is 13.8 Å². The van der Waals surface area contributed by atoms with Gasteiger partial charge >= 0.3 is 12.7 Å². The average molecular weight is 486 g/mol. The van der Waals surface area contributed by atoms with E-state index in [1.807, 2.05) is 20.8 Å². The van der Waals surface area contributed by atoms with Crippen molar-refractivity contribution in [3.63, 3.8) is 0 Å². The molecule has 8 nitrogen and oxygen atoms in total. The Balaban J connectivity index is 1.82. The van der Waals surface area contributed by atoms with Gasteiger partial charge < -0.3 is 19.5 Å². The molecular formula is C22H26F4N4O4. The van der Waals surface area contributed by atoms with Crippen molar-refractivity contribution < 1.29 is 36.6 Å². The summed E-state index contributed by atoms with van der Waals surface area (Å²) in [5.74, 6) is -2.38. The fourth-order valence-electron chi connectivity index (χ4n) is 3.56. The highest BCUT2D eigenvalue weighted by Crippen LogP contribution is 2.30. The van der Waals surface area contributed by atoms with E-state index in [9.17, 15) is 22.4 Å². The third kappa shape index (κ3) is 6.04. The number of cyclic esters (lactones) is 1. The maximum absolute atomic E-state index is 14.7. The molecule has 2 heterocycles. The lowest BCUT2D eigenvalue weighted by atomic mass is 10.1. The summed E-state index contributed by atoms with van der Waals surface area (Å²) in [6, 6.07) is 1.93. The topological polar surface area (TPSA) is 85.8 Å².